The maximum atomic E-state index is 9.82. The molecule has 4 nitrogen and oxygen atoms in total. The Morgan fingerprint density at radius 3 is 2.55 bits per heavy atom. The fourth-order valence-electron chi connectivity index (χ4n) is 0.624. The third-order valence-corrected chi connectivity index (χ3v) is 1.13. The predicted molar refractivity (Wildman–Crippen MR) is 39.0 cm³/mol. The minimum Gasteiger partial charge on any atom is -0.457 e. The summed E-state index contributed by atoms with van der Waals surface area (Å²) < 4.78 is 14.3. The Balaban J connectivity index is 0.000001000. The smallest absolute Gasteiger partial charge is 0.293 e. The standard InChI is InChI=1S/C6H8O4.ClH/c1-5(10-4-7)6-8-2-3-9-6;/h2-6H,1H3;1H. The van der Waals surface area contributed by atoms with Crippen LogP contribution in [0.25, 0.3) is 0 Å². The van der Waals surface area contributed by atoms with E-state index in [9.17, 15) is 4.79 Å². The number of ether oxygens (including phenoxy) is 3. The zero-order valence-corrected chi connectivity index (χ0v) is 6.74. The Hall–Kier alpha value is -0.900. The van der Waals surface area contributed by atoms with Crippen molar-refractivity contribution in [1.82, 2.24) is 0 Å². The van der Waals surface area contributed by atoms with E-state index in [-0.39, 0.29) is 18.5 Å². The van der Waals surface area contributed by atoms with Gasteiger partial charge in [0.15, 0.2) is 6.10 Å². The van der Waals surface area contributed by atoms with Crippen LogP contribution in [0.3, 0.4) is 0 Å². The Morgan fingerprint density at radius 2 is 2.09 bits per heavy atom. The quantitative estimate of drug-likeness (QED) is 0.603. The number of rotatable bonds is 3. The summed E-state index contributed by atoms with van der Waals surface area (Å²) in [7, 11) is 0. The summed E-state index contributed by atoms with van der Waals surface area (Å²) in [4.78, 5) is 9.82. The zero-order chi connectivity index (χ0) is 7.40. The van der Waals surface area contributed by atoms with Crippen LogP contribution < -0.4 is 0 Å². The number of hydrogen-bond acceptors (Lipinski definition) is 4. The number of carbonyl (C=O) groups is 1. The molecule has 0 N–H and O–H groups in total. The number of carbonyl (C=O) groups excluding carboxylic acids is 1. The van der Waals surface area contributed by atoms with Gasteiger partial charge in [0.2, 0.25) is 0 Å². The molecule has 0 amide bonds. The van der Waals surface area contributed by atoms with Gasteiger partial charge in [0.05, 0.1) is 0 Å². The first-order valence-electron chi connectivity index (χ1n) is 2.89. The van der Waals surface area contributed by atoms with E-state index in [0.717, 1.165) is 0 Å². The molecule has 0 saturated heterocycles. The number of halogens is 1. The molecule has 0 aromatic rings. The van der Waals surface area contributed by atoms with Crippen molar-refractivity contribution < 1.29 is 19.0 Å². The van der Waals surface area contributed by atoms with Crippen LogP contribution in [0.1, 0.15) is 6.92 Å². The lowest BCUT2D eigenvalue weighted by atomic mass is 10.4. The lowest BCUT2D eigenvalue weighted by molar-refractivity contribution is -0.153. The van der Waals surface area contributed by atoms with Crippen LogP contribution in [-0.4, -0.2) is 18.9 Å². The van der Waals surface area contributed by atoms with Crippen LogP contribution in [0.15, 0.2) is 12.5 Å². The van der Waals surface area contributed by atoms with Crippen molar-refractivity contribution in [2.75, 3.05) is 0 Å². The highest BCUT2D eigenvalue weighted by Gasteiger charge is 2.21. The Labute approximate surface area is 70.5 Å². The van der Waals surface area contributed by atoms with Gasteiger partial charge in [-0.3, -0.25) is 4.79 Å². The number of hydrogen-bond donors (Lipinski definition) is 0. The van der Waals surface area contributed by atoms with Gasteiger partial charge < -0.3 is 14.2 Å². The molecule has 0 aliphatic carbocycles. The van der Waals surface area contributed by atoms with E-state index >= 15 is 0 Å². The minimum atomic E-state index is -0.481. The fraction of sp³-hybridized carbons (Fsp3) is 0.500. The third-order valence-electron chi connectivity index (χ3n) is 1.13. The molecular weight excluding hydrogens is 172 g/mol. The van der Waals surface area contributed by atoms with Gasteiger partial charge in [-0.2, -0.15) is 0 Å². The maximum absolute atomic E-state index is 9.82. The minimum absolute atomic E-state index is 0. The van der Waals surface area contributed by atoms with Crippen molar-refractivity contribution in [3.05, 3.63) is 12.5 Å². The molecule has 64 valence electrons. The van der Waals surface area contributed by atoms with Crippen LogP contribution in [-0.2, 0) is 19.0 Å². The molecule has 1 aliphatic heterocycles. The monoisotopic (exact) mass is 180 g/mol. The Morgan fingerprint density at radius 1 is 1.55 bits per heavy atom. The van der Waals surface area contributed by atoms with E-state index in [2.05, 4.69) is 4.74 Å². The summed E-state index contributed by atoms with van der Waals surface area (Å²) in [6, 6.07) is 0. The molecule has 1 atom stereocenters. The van der Waals surface area contributed by atoms with Crippen molar-refractivity contribution in [2.45, 2.75) is 19.3 Å². The maximum Gasteiger partial charge on any atom is 0.293 e. The van der Waals surface area contributed by atoms with Gasteiger partial charge in [0.25, 0.3) is 12.8 Å². The van der Waals surface area contributed by atoms with Gasteiger partial charge >= 0.3 is 0 Å². The van der Waals surface area contributed by atoms with E-state index in [1.807, 2.05) is 0 Å². The summed E-state index contributed by atoms with van der Waals surface area (Å²) in [5.74, 6) is 0. The summed E-state index contributed by atoms with van der Waals surface area (Å²) in [6.07, 6.45) is 1.97. The third kappa shape index (κ3) is 2.67. The van der Waals surface area contributed by atoms with Crippen molar-refractivity contribution in [2.24, 2.45) is 0 Å². The molecule has 5 heteroatoms. The van der Waals surface area contributed by atoms with Gasteiger partial charge in [-0.05, 0) is 6.92 Å². The highest BCUT2D eigenvalue weighted by molar-refractivity contribution is 5.85. The van der Waals surface area contributed by atoms with Crippen LogP contribution in [0.2, 0.25) is 0 Å². The first-order valence-corrected chi connectivity index (χ1v) is 2.89. The lowest BCUT2D eigenvalue weighted by Gasteiger charge is -2.15. The molecule has 1 heterocycles. The second-order valence-electron chi connectivity index (χ2n) is 1.85. The van der Waals surface area contributed by atoms with E-state index in [4.69, 9.17) is 9.47 Å². The van der Waals surface area contributed by atoms with Gasteiger partial charge in [0.1, 0.15) is 12.5 Å². The topological polar surface area (TPSA) is 44.8 Å². The molecule has 0 aromatic heterocycles. The second-order valence-corrected chi connectivity index (χ2v) is 1.85. The highest BCUT2D eigenvalue weighted by Crippen LogP contribution is 2.10. The van der Waals surface area contributed by atoms with E-state index in [1.54, 1.807) is 6.92 Å². The molecule has 0 bridgehead atoms. The average molecular weight is 181 g/mol. The van der Waals surface area contributed by atoms with Crippen molar-refractivity contribution >= 4 is 18.9 Å². The van der Waals surface area contributed by atoms with Gasteiger partial charge in [-0.15, -0.1) is 12.4 Å². The first-order chi connectivity index (χ1) is 4.84. The summed E-state index contributed by atoms with van der Waals surface area (Å²) in [6.45, 7) is 2.06. The SMILES string of the molecule is CC(OC=O)C1OC=CO1.Cl. The molecule has 0 aromatic carbocycles. The molecule has 0 spiro atoms. The molecule has 11 heavy (non-hydrogen) atoms. The van der Waals surface area contributed by atoms with Crippen molar-refractivity contribution in [3.63, 3.8) is 0 Å². The van der Waals surface area contributed by atoms with E-state index in [1.165, 1.54) is 12.5 Å². The zero-order valence-electron chi connectivity index (χ0n) is 5.93. The first kappa shape index (κ1) is 10.1. The largest absolute Gasteiger partial charge is 0.457 e. The van der Waals surface area contributed by atoms with Crippen LogP contribution in [0.4, 0.5) is 0 Å². The van der Waals surface area contributed by atoms with Crippen molar-refractivity contribution in [1.29, 1.82) is 0 Å². The van der Waals surface area contributed by atoms with Crippen molar-refractivity contribution in [3.8, 4) is 0 Å². The van der Waals surface area contributed by atoms with Crippen LogP contribution >= 0.6 is 12.4 Å². The van der Waals surface area contributed by atoms with Crippen LogP contribution in [0, 0.1) is 0 Å². The molecule has 1 aliphatic rings. The molecular formula is C6H9ClO4. The second kappa shape index (κ2) is 4.85. The normalized spacial score (nSPS) is 17.5. The Kier molecular flexibility index (Phi) is 4.45. The summed E-state index contributed by atoms with van der Waals surface area (Å²) in [5.41, 5.74) is 0. The van der Waals surface area contributed by atoms with Gasteiger partial charge in [-0.1, -0.05) is 0 Å². The molecule has 0 saturated carbocycles. The van der Waals surface area contributed by atoms with E-state index in [0.29, 0.717) is 6.47 Å². The summed E-state index contributed by atoms with van der Waals surface area (Å²) >= 11 is 0. The van der Waals surface area contributed by atoms with Gasteiger partial charge in [0, 0.05) is 0 Å². The van der Waals surface area contributed by atoms with Crippen LogP contribution in [0.5, 0.6) is 0 Å². The Bertz CT molecular complexity index is 140. The molecule has 1 rings (SSSR count). The molecule has 1 unspecified atom stereocenters. The fourth-order valence-corrected chi connectivity index (χ4v) is 0.624. The predicted octanol–water partition coefficient (Wildman–Crippen LogP) is 0.814. The van der Waals surface area contributed by atoms with Gasteiger partial charge in [-0.25, -0.2) is 0 Å². The molecule has 0 radical (unpaired) electrons. The lowest BCUT2D eigenvalue weighted by Crippen LogP contribution is -2.26. The molecule has 0 fully saturated rings. The average Bonchev–Trinajstić information content (AvgIpc) is 2.38. The highest BCUT2D eigenvalue weighted by atomic mass is 35.5. The van der Waals surface area contributed by atoms with E-state index < -0.39 is 6.29 Å². The summed E-state index contributed by atoms with van der Waals surface area (Å²) in [5, 5.41) is 0.